The van der Waals surface area contributed by atoms with Gasteiger partial charge in [0.15, 0.2) is 0 Å². The molecule has 1 aliphatic heterocycles. The van der Waals surface area contributed by atoms with Gasteiger partial charge in [-0.15, -0.1) is 0 Å². The molecule has 3 rings (SSSR count). The van der Waals surface area contributed by atoms with Gasteiger partial charge in [-0.3, -0.25) is 4.79 Å². The summed E-state index contributed by atoms with van der Waals surface area (Å²) < 4.78 is 1.03. The lowest BCUT2D eigenvalue weighted by atomic mass is 9.98. The molecule has 0 saturated carbocycles. The van der Waals surface area contributed by atoms with Crippen molar-refractivity contribution in [3.63, 3.8) is 0 Å². The van der Waals surface area contributed by atoms with Crippen molar-refractivity contribution in [3.05, 3.63) is 64.1 Å². The van der Waals surface area contributed by atoms with Gasteiger partial charge in [0.05, 0.1) is 11.8 Å². The number of amides is 1. The van der Waals surface area contributed by atoms with Crippen LogP contribution < -0.4 is 4.90 Å². The van der Waals surface area contributed by atoms with Crippen LogP contribution in [0.3, 0.4) is 0 Å². The molecule has 5 heteroatoms. The van der Waals surface area contributed by atoms with Crippen LogP contribution in [0.5, 0.6) is 0 Å². The second-order valence-corrected chi connectivity index (χ2v) is 7.32. The first-order valence-electron chi connectivity index (χ1n) is 9.01. The van der Waals surface area contributed by atoms with E-state index in [1.807, 2.05) is 24.3 Å². The van der Waals surface area contributed by atoms with Crippen LogP contribution >= 0.6 is 15.9 Å². The average Bonchev–Trinajstić information content (AvgIpc) is 3.10. The number of anilines is 1. The molecule has 0 fully saturated rings. The largest absolute Gasteiger partial charge is 0.372 e. The summed E-state index contributed by atoms with van der Waals surface area (Å²) >= 11 is 3.46. The van der Waals surface area contributed by atoms with E-state index in [9.17, 15) is 4.79 Å². The molecule has 1 heterocycles. The minimum absolute atomic E-state index is 0.0325. The molecule has 0 N–H and O–H groups in total. The summed E-state index contributed by atoms with van der Waals surface area (Å²) in [6.45, 7) is 7.85. The molecular formula is C21H24BrN3O. The Morgan fingerprint density at radius 2 is 1.73 bits per heavy atom. The fourth-order valence-electron chi connectivity index (χ4n) is 3.37. The first kappa shape index (κ1) is 18.6. The molecule has 0 unspecified atom stereocenters. The summed E-state index contributed by atoms with van der Waals surface area (Å²) in [5, 5.41) is 6.22. The summed E-state index contributed by atoms with van der Waals surface area (Å²) in [7, 11) is 0. The number of hydrogen-bond acceptors (Lipinski definition) is 3. The summed E-state index contributed by atoms with van der Waals surface area (Å²) in [6, 6.07) is 16.5. The molecule has 2 aromatic rings. The van der Waals surface area contributed by atoms with Crippen LogP contribution in [0.1, 0.15) is 44.4 Å². The Morgan fingerprint density at radius 3 is 2.27 bits per heavy atom. The third kappa shape index (κ3) is 3.83. The first-order valence-corrected chi connectivity index (χ1v) is 9.81. The van der Waals surface area contributed by atoms with E-state index in [0.717, 1.165) is 40.8 Å². The van der Waals surface area contributed by atoms with Crippen LogP contribution in [0.15, 0.2) is 58.1 Å². The molecular weight excluding hydrogens is 390 g/mol. The van der Waals surface area contributed by atoms with Crippen molar-refractivity contribution in [2.24, 2.45) is 5.10 Å². The lowest BCUT2D eigenvalue weighted by molar-refractivity contribution is -0.130. The smallest absolute Gasteiger partial charge is 0.240 e. The van der Waals surface area contributed by atoms with Gasteiger partial charge in [0.25, 0.3) is 0 Å². The summed E-state index contributed by atoms with van der Waals surface area (Å²) in [5.41, 5.74) is 4.33. The van der Waals surface area contributed by atoms with E-state index in [4.69, 9.17) is 0 Å². The zero-order chi connectivity index (χ0) is 18.7. The lowest BCUT2D eigenvalue weighted by Crippen LogP contribution is -2.25. The fourth-order valence-corrected chi connectivity index (χ4v) is 3.64. The molecule has 1 amide bonds. The van der Waals surface area contributed by atoms with Crippen LogP contribution in [-0.2, 0) is 4.79 Å². The fraction of sp³-hybridized carbons (Fsp3) is 0.333. The predicted molar refractivity (Wildman–Crippen MR) is 111 cm³/mol. The number of hydrogen-bond donors (Lipinski definition) is 0. The van der Waals surface area contributed by atoms with Crippen molar-refractivity contribution in [1.82, 2.24) is 5.01 Å². The van der Waals surface area contributed by atoms with Crippen molar-refractivity contribution in [3.8, 4) is 0 Å². The van der Waals surface area contributed by atoms with Gasteiger partial charge in [0.1, 0.15) is 0 Å². The quantitative estimate of drug-likeness (QED) is 0.691. The minimum atomic E-state index is -0.0445. The molecule has 0 bridgehead atoms. The highest BCUT2D eigenvalue weighted by Gasteiger charge is 2.31. The average molecular weight is 414 g/mol. The Hall–Kier alpha value is -2.14. The van der Waals surface area contributed by atoms with Crippen LogP contribution in [0.25, 0.3) is 0 Å². The van der Waals surface area contributed by atoms with Gasteiger partial charge in [-0.05, 0) is 49.2 Å². The highest BCUT2D eigenvalue weighted by molar-refractivity contribution is 9.10. The van der Waals surface area contributed by atoms with Crippen molar-refractivity contribution >= 4 is 33.2 Å². The van der Waals surface area contributed by atoms with E-state index in [1.165, 1.54) is 5.69 Å². The molecule has 4 nitrogen and oxygen atoms in total. The summed E-state index contributed by atoms with van der Waals surface area (Å²) in [5.74, 6) is -0.0325. The maximum atomic E-state index is 12.1. The molecule has 0 spiro atoms. The molecule has 136 valence electrons. The maximum absolute atomic E-state index is 12.1. The molecule has 2 aromatic carbocycles. The van der Waals surface area contributed by atoms with Crippen molar-refractivity contribution in [2.45, 2.75) is 33.2 Å². The maximum Gasteiger partial charge on any atom is 0.240 e. The number of carbonyl (C=O) groups is 1. The van der Waals surface area contributed by atoms with Crippen LogP contribution in [-0.4, -0.2) is 29.7 Å². The van der Waals surface area contributed by atoms with E-state index in [0.29, 0.717) is 0 Å². The van der Waals surface area contributed by atoms with Gasteiger partial charge in [-0.1, -0.05) is 40.2 Å². The van der Waals surface area contributed by atoms with Crippen molar-refractivity contribution in [1.29, 1.82) is 0 Å². The predicted octanol–water partition coefficient (Wildman–Crippen LogP) is 4.99. The molecule has 26 heavy (non-hydrogen) atoms. The topological polar surface area (TPSA) is 35.9 Å². The standard InChI is InChI=1S/C21H24BrN3O/c1-4-24(5-2)19-12-8-17(9-13-19)21-14-20(23-25(21)15(3)26)16-6-10-18(22)11-7-16/h6-13,21H,4-5,14H2,1-3H3/t21-/m1/s1. The Bertz CT molecular complexity index is 795. The number of nitrogens with zero attached hydrogens (tertiary/aromatic N) is 3. The molecule has 0 aliphatic carbocycles. The van der Waals surface area contributed by atoms with E-state index in [1.54, 1.807) is 11.9 Å². The summed E-state index contributed by atoms with van der Waals surface area (Å²) in [4.78, 5) is 14.4. The van der Waals surface area contributed by atoms with Gasteiger partial charge in [-0.25, -0.2) is 5.01 Å². The SMILES string of the molecule is CCN(CC)c1ccc([C@H]2CC(c3ccc(Br)cc3)=NN2C(C)=O)cc1. The third-order valence-corrected chi connectivity index (χ3v) is 5.35. The number of hydrazone groups is 1. The monoisotopic (exact) mass is 413 g/mol. The molecule has 0 saturated heterocycles. The van der Waals surface area contributed by atoms with Crippen molar-refractivity contribution < 1.29 is 4.79 Å². The van der Waals surface area contributed by atoms with E-state index >= 15 is 0 Å². The van der Waals surface area contributed by atoms with Gasteiger partial charge in [0, 0.05) is 36.6 Å². The van der Waals surface area contributed by atoms with Crippen molar-refractivity contribution in [2.75, 3.05) is 18.0 Å². The van der Waals surface area contributed by atoms with Gasteiger partial charge >= 0.3 is 0 Å². The second kappa shape index (κ2) is 8.04. The van der Waals surface area contributed by atoms with Gasteiger partial charge < -0.3 is 4.90 Å². The Morgan fingerprint density at radius 1 is 1.12 bits per heavy atom. The van der Waals surface area contributed by atoms with Crippen LogP contribution in [0, 0.1) is 0 Å². The minimum Gasteiger partial charge on any atom is -0.372 e. The van der Waals surface area contributed by atoms with Gasteiger partial charge in [0.2, 0.25) is 5.91 Å². The molecule has 1 aliphatic rings. The second-order valence-electron chi connectivity index (χ2n) is 6.40. The lowest BCUT2D eigenvalue weighted by Gasteiger charge is -2.23. The molecule has 0 aromatic heterocycles. The highest BCUT2D eigenvalue weighted by Crippen LogP contribution is 2.33. The van der Waals surface area contributed by atoms with E-state index < -0.39 is 0 Å². The highest BCUT2D eigenvalue weighted by atomic mass is 79.9. The van der Waals surface area contributed by atoms with E-state index in [2.05, 4.69) is 64.0 Å². The first-order chi connectivity index (χ1) is 12.5. The Balaban J connectivity index is 1.85. The molecule has 0 radical (unpaired) electrons. The Labute approximate surface area is 163 Å². The number of halogens is 1. The third-order valence-electron chi connectivity index (χ3n) is 4.82. The summed E-state index contributed by atoms with van der Waals surface area (Å²) in [6.07, 6.45) is 0.728. The number of carbonyl (C=O) groups excluding carboxylic acids is 1. The van der Waals surface area contributed by atoms with E-state index in [-0.39, 0.29) is 11.9 Å². The van der Waals surface area contributed by atoms with Crippen LogP contribution in [0.2, 0.25) is 0 Å². The Kier molecular flexibility index (Phi) is 5.77. The zero-order valence-electron chi connectivity index (χ0n) is 15.4. The van der Waals surface area contributed by atoms with Crippen LogP contribution in [0.4, 0.5) is 5.69 Å². The number of benzene rings is 2. The molecule has 1 atom stereocenters. The van der Waals surface area contributed by atoms with Gasteiger partial charge in [-0.2, -0.15) is 5.10 Å². The number of rotatable bonds is 5. The normalized spacial score (nSPS) is 16.5. The zero-order valence-corrected chi connectivity index (χ0v) is 17.0.